The van der Waals surface area contributed by atoms with Crippen molar-refractivity contribution >= 4 is 29.4 Å². The lowest BCUT2D eigenvalue weighted by molar-refractivity contribution is -0.137. The molecule has 20 heavy (non-hydrogen) atoms. The fourth-order valence-corrected chi connectivity index (χ4v) is 2.65. The van der Waals surface area contributed by atoms with Crippen LogP contribution in [0, 0.1) is 0 Å². The molecule has 1 aliphatic rings. The number of nitrogens with zero attached hydrogens (tertiary/aromatic N) is 1. The van der Waals surface area contributed by atoms with Crippen molar-refractivity contribution in [3.05, 3.63) is 35.1 Å². The lowest BCUT2D eigenvalue weighted by atomic mass is 10.2. The molecule has 1 fully saturated rings. The van der Waals surface area contributed by atoms with Crippen molar-refractivity contribution in [3.8, 4) is 0 Å². The highest BCUT2D eigenvalue weighted by Crippen LogP contribution is 2.28. The maximum absolute atomic E-state index is 12.0. The number of ketones is 1. The van der Waals surface area contributed by atoms with Gasteiger partial charge in [0.2, 0.25) is 5.91 Å². The van der Waals surface area contributed by atoms with Crippen LogP contribution in [0.25, 0.3) is 0 Å². The van der Waals surface area contributed by atoms with E-state index in [4.69, 9.17) is 4.74 Å². The van der Waals surface area contributed by atoms with Gasteiger partial charge in [0.15, 0.2) is 5.78 Å². The van der Waals surface area contributed by atoms with Crippen molar-refractivity contribution in [2.75, 3.05) is 18.9 Å². The normalized spacial score (nSPS) is 16.8. The van der Waals surface area contributed by atoms with E-state index in [1.807, 2.05) is 0 Å². The Kier molecular flexibility index (Phi) is 4.62. The molecule has 7 heteroatoms. The van der Waals surface area contributed by atoms with Crippen molar-refractivity contribution in [3.63, 3.8) is 0 Å². The van der Waals surface area contributed by atoms with Gasteiger partial charge in [-0.1, -0.05) is 11.8 Å². The Morgan fingerprint density at radius 2 is 2.35 bits per heavy atom. The number of Topliss-reactive ketones (excluding diaryl/α,β-unsaturated/α-hetero) is 1. The summed E-state index contributed by atoms with van der Waals surface area (Å²) in [5.74, 6) is -0.684. The Bertz CT molecular complexity index is 551. The zero-order valence-electron chi connectivity index (χ0n) is 10.9. The number of nitrogens with one attached hydrogen (secondary N) is 1. The van der Waals surface area contributed by atoms with Gasteiger partial charge in [-0.25, -0.2) is 4.79 Å². The number of hydrogen-bond donors (Lipinski definition) is 1. The highest BCUT2D eigenvalue weighted by Gasteiger charge is 2.29. The van der Waals surface area contributed by atoms with Gasteiger partial charge in [-0.2, -0.15) is 0 Å². The van der Waals surface area contributed by atoms with Crippen molar-refractivity contribution < 1.29 is 19.1 Å². The molecule has 0 atom stereocenters. The number of amides is 1. The van der Waals surface area contributed by atoms with E-state index in [2.05, 4.69) is 4.98 Å². The molecule has 0 bridgehead atoms. The van der Waals surface area contributed by atoms with Gasteiger partial charge >= 0.3 is 5.97 Å². The predicted octanol–water partition coefficient (Wildman–Crippen LogP) is 1.18. The molecule has 1 aromatic heterocycles. The Morgan fingerprint density at radius 3 is 3.00 bits per heavy atom. The molecule has 106 valence electrons. The van der Waals surface area contributed by atoms with Crippen LogP contribution < -0.4 is 0 Å². The van der Waals surface area contributed by atoms with Gasteiger partial charge in [-0.3, -0.25) is 14.5 Å². The summed E-state index contributed by atoms with van der Waals surface area (Å²) in [5.41, 5.74) is 0.435. The molecular formula is C13H14N2O4S. The minimum atomic E-state index is -0.512. The number of thioether (sulfide) groups is 1. The van der Waals surface area contributed by atoms with Gasteiger partial charge in [0, 0.05) is 6.20 Å². The molecule has 1 amide bonds. The maximum atomic E-state index is 12.0. The zero-order valence-corrected chi connectivity index (χ0v) is 11.7. The molecule has 0 saturated carbocycles. The highest BCUT2D eigenvalue weighted by molar-refractivity contribution is 8.04. The van der Waals surface area contributed by atoms with Crippen LogP contribution >= 0.6 is 11.8 Å². The smallest absolute Gasteiger partial charge is 0.333 e. The molecule has 1 aromatic rings. The summed E-state index contributed by atoms with van der Waals surface area (Å²) >= 11 is 1.23. The summed E-state index contributed by atoms with van der Waals surface area (Å²) in [7, 11) is 0. The first-order valence-electron chi connectivity index (χ1n) is 6.10. The predicted molar refractivity (Wildman–Crippen MR) is 74.0 cm³/mol. The molecule has 6 nitrogen and oxygen atoms in total. The van der Waals surface area contributed by atoms with Crippen molar-refractivity contribution in [2.24, 2.45) is 0 Å². The summed E-state index contributed by atoms with van der Waals surface area (Å²) in [6.45, 7) is 1.89. The minimum Gasteiger partial charge on any atom is -0.463 e. The van der Waals surface area contributed by atoms with Crippen LogP contribution in [0.4, 0.5) is 0 Å². The third kappa shape index (κ3) is 3.30. The van der Waals surface area contributed by atoms with Crippen LogP contribution in [0.1, 0.15) is 17.4 Å². The largest absolute Gasteiger partial charge is 0.463 e. The number of aromatic nitrogens is 1. The second-order valence-electron chi connectivity index (χ2n) is 4.01. The van der Waals surface area contributed by atoms with E-state index < -0.39 is 5.97 Å². The van der Waals surface area contributed by atoms with Crippen molar-refractivity contribution in [1.29, 1.82) is 0 Å². The lowest BCUT2D eigenvalue weighted by Crippen LogP contribution is -2.31. The summed E-state index contributed by atoms with van der Waals surface area (Å²) in [6.07, 6.45) is 2.89. The van der Waals surface area contributed by atoms with Gasteiger partial charge in [-0.05, 0) is 19.1 Å². The second kappa shape index (κ2) is 6.42. The summed E-state index contributed by atoms with van der Waals surface area (Å²) in [5, 5.41) is 0.452. The fraction of sp³-hybridized carbons (Fsp3) is 0.308. The Balaban J connectivity index is 2.09. The maximum Gasteiger partial charge on any atom is 0.333 e. The lowest BCUT2D eigenvalue weighted by Gasteiger charge is -2.15. The van der Waals surface area contributed by atoms with Crippen LogP contribution in [-0.4, -0.2) is 46.4 Å². The van der Waals surface area contributed by atoms with Gasteiger partial charge < -0.3 is 9.72 Å². The Morgan fingerprint density at radius 1 is 1.55 bits per heavy atom. The molecule has 1 saturated heterocycles. The molecular weight excluding hydrogens is 280 g/mol. The molecule has 0 radical (unpaired) electrons. The first-order valence-corrected chi connectivity index (χ1v) is 7.08. The average molecular weight is 294 g/mol. The molecule has 0 unspecified atom stereocenters. The number of esters is 1. The van der Waals surface area contributed by atoms with Crippen LogP contribution in [0.5, 0.6) is 0 Å². The quantitative estimate of drug-likeness (QED) is 0.501. The molecule has 0 spiro atoms. The molecule has 1 aliphatic heterocycles. The van der Waals surface area contributed by atoms with E-state index in [0.29, 0.717) is 10.7 Å². The molecule has 2 heterocycles. The standard InChI is InChI=1S/C13H14N2O4S/c1-2-19-13(18)6-12-15(11(17)8-20-12)7-10(16)9-4-3-5-14-9/h3-6,14H,2,7-8H2,1H3/b12-6+. The van der Waals surface area contributed by atoms with E-state index >= 15 is 0 Å². The van der Waals surface area contributed by atoms with E-state index in [1.54, 1.807) is 25.3 Å². The van der Waals surface area contributed by atoms with E-state index in [0.717, 1.165) is 0 Å². The topological polar surface area (TPSA) is 79.5 Å². The van der Waals surface area contributed by atoms with Crippen LogP contribution in [0.2, 0.25) is 0 Å². The Hall–Kier alpha value is -2.02. The molecule has 0 aromatic carbocycles. The van der Waals surface area contributed by atoms with Crippen LogP contribution in [0.15, 0.2) is 29.4 Å². The second-order valence-corrected chi connectivity index (χ2v) is 5.01. The van der Waals surface area contributed by atoms with Gasteiger partial charge in [0.25, 0.3) is 0 Å². The Labute approximate surface area is 120 Å². The monoisotopic (exact) mass is 294 g/mol. The van der Waals surface area contributed by atoms with Gasteiger partial charge in [0.05, 0.1) is 35.7 Å². The number of H-pyrrole nitrogens is 1. The molecule has 2 rings (SSSR count). The average Bonchev–Trinajstić information content (AvgIpc) is 3.03. The number of carbonyl (C=O) groups excluding carboxylic acids is 3. The third-order valence-corrected chi connectivity index (χ3v) is 3.66. The molecule has 0 aliphatic carbocycles. The number of carbonyl (C=O) groups is 3. The zero-order chi connectivity index (χ0) is 14.5. The molecule has 1 N–H and O–H groups in total. The summed E-state index contributed by atoms with van der Waals surface area (Å²) in [4.78, 5) is 39.3. The van der Waals surface area contributed by atoms with Gasteiger partial charge in [-0.15, -0.1) is 0 Å². The summed E-state index contributed by atoms with van der Waals surface area (Å²) < 4.78 is 4.81. The van der Waals surface area contributed by atoms with E-state index in [-0.39, 0.29) is 30.6 Å². The van der Waals surface area contributed by atoms with Crippen LogP contribution in [0.3, 0.4) is 0 Å². The number of aromatic amines is 1. The first-order chi connectivity index (χ1) is 9.61. The number of hydrogen-bond acceptors (Lipinski definition) is 5. The van der Waals surface area contributed by atoms with Crippen LogP contribution in [-0.2, 0) is 14.3 Å². The minimum absolute atomic E-state index is 0.0857. The third-order valence-electron chi connectivity index (χ3n) is 2.64. The van der Waals surface area contributed by atoms with Crippen molar-refractivity contribution in [2.45, 2.75) is 6.92 Å². The highest BCUT2D eigenvalue weighted by atomic mass is 32.2. The number of ether oxygens (including phenoxy) is 1. The summed E-state index contributed by atoms with van der Waals surface area (Å²) in [6, 6.07) is 3.36. The SMILES string of the molecule is CCOC(=O)/C=C1/SCC(=O)N1CC(=O)c1ccc[nH]1. The van der Waals surface area contributed by atoms with E-state index in [9.17, 15) is 14.4 Å². The first kappa shape index (κ1) is 14.4. The fourth-order valence-electron chi connectivity index (χ4n) is 1.72. The van der Waals surface area contributed by atoms with E-state index in [1.165, 1.54) is 22.7 Å². The number of rotatable bonds is 5. The van der Waals surface area contributed by atoms with Crippen molar-refractivity contribution in [1.82, 2.24) is 9.88 Å². The van der Waals surface area contributed by atoms with Gasteiger partial charge in [0.1, 0.15) is 0 Å².